The summed E-state index contributed by atoms with van der Waals surface area (Å²) in [5, 5.41) is 6.84. The molecule has 0 fully saturated rings. The van der Waals surface area contributed by atoms with Crippen LogP contribution in [0.5, 0.6) is 0 Å². The van der Waals surface area contributed by atoms with Crippen molar-refractivity contribution in [1.82, 2.24) is 9.78 Å². The molecule has 1 N–H and O–H groups in total. The Morgan fingerprint density at radius 3 is 2.84 bits per heavy atom. The van der Waals surface area contributed by atoms with E-state index in [1.54, 1.807) is 23.0 Å². The number of nitrogens with one attached hydrogen (secondary N) is 1. The van der Waals surface area contributed by atoms with Gasteiger partial charge in [-0.3, -0.25) is 4.79 Å². The van der Waals surface area contributed by atoms with E-state index in [0.29, 0.717) is 5.82 Å². The third-order valence-corrected chi connectivity index (χ3v) is 3.40. The third kappa shape index (κ3) is 2.84. The van der Waals surface area contributed by atoms with Crippen LogP contribution < -0.4 is 5.32 Å². The Morgan fingerprint density at radius 2 is 2.16 bits per heavy atom. The van der Waals surface area contributed by atoms with Crippen LogP contribution in [0, 0.1) is 5.82 Å². The van der Waals surface area contributed by atoms with E-state index in [2.05, 4.69) is 26.3 Å². The van der Waals surface area contributed by atoms with Crippen molar-refractivity contribution in [3.63, 3.8) is 0 Å². The second kappa shape index (κ2) is 5.52. The van der Waals surface area contributed by atoms with E-state index in [1.807, 2.05) is 13.8 Å². The summed E-state index contributed by atoms with van der Waals surface area (Å²) in [6.07, 6.45) is 1.61. The lowest BCUT2D eigenvalue weighted by Crippen LogP contribution is -2.17. The summed E-state index contributed by atoms with van der Waals surface area (Å²) >= 11 is 3.07. The largest absolute Gasteiger partial charge is 0.307 e. The second-order valence-corrected chi connectivity index (χ2v) is 5.10. The van der Waals surface area contributed by atoms with Gasteiger partial charge in [-0.05, 0) is 41.9 Å². The zero-order valence-corrected chi connectivity index (χ0v) is 12.1. The Kier molecular flexibility index (Phi) is 3.99. The van der Waals surface area contributed by atoms with Crippen LogP contribution in [-0.4, -0.2) is 15.7 Å². The topological polar surface area (TPSA) is 46.9 Å². The molecule has 0 radical (unpaired) electrons. The van der Waals surface area contributed by atoms with Crippen LogP contribution in [-0.2, 0) is 0 Å². The Hall–Kier alpha value is -1.69. The van der Waals surface area contributed by atoms with E-state index in [9.17, 15) is 9.18 Å². The summed E-state index contributed by atoms with van der Waals surface area (Å²) < 4.78 is 15.2. The summed E-state index contributed by atoms with van der Waals surface area (Å²) in [6, 6.07) is 6.17. The molecule has 0 atom stereocenters. The average molecular weight is 326 g/mol. The van der Waals surface area contributed by atoms with Gasteiger partial charge in [-0.1, -0.05) is 6.07 Å². The van der Waals surface area contributed by atoms with Gasteiger partial charge in [0, 0.05) is 12.1 Å². The van der Waals surface area contributed by atoms with Crippen LogP contribution >= 0.6 is 15.9 Å². The van der Waals surface area contributed by atoms with Gasteiger partial charge in [0.05, 0.1) is 16.2 Å². The summed E-state index contributed by atoms with van der Waals surface area (Å²) in [5.74, 6) is -0.269. The van der Waals surface area contributed by atoms with Crippen molar-refractivity contribution in [2.24, 2.45) is 0 Å². The molecule has 0 aliphatic heterocycles. The maximum atomic E-state index is 13.4. The fourth-order valence-electron chi connectivity index (χ4n) is 1.69. The molecular weight excluding hydrogens is 313 g/mol. The smallest absolute Gasteiger partial charge is 0.258 e. The third-order valence-electron chi connectivity index (χ3n) is 2.60. The van der Waals surface area contributed by atoms with Gasteiger partial charge in [-0.2, -0.15) is 5.10 Å². The molecule has 100 valence electrons. The summed E-state index contributed by atoms with van der Waals surface area (Å²) in [7, 11) is 0. The number of nitrogens with zero attached hydrogens (tertiary/aromatic N) is 2. The number of anilines is 1. The van der Waals surface area contributed by atoms with Crippen LogP contribution in [0.3, 0.4) is 0 Å². The number of hydrogen-bond donors (Lipinski definition) is 1. The molecule has 0 aliphatic rings. The Balaban J connectivity index is 2.26. The highest BCUT2D eigenvalue weighted by molar-refractivity contribution is 9.10. The second-order valence-electron chi connectivity index (χ2n) is 4.31. The maximum absolute atomic E-state index is 13.4. The summed E-state index contributed by atoms with van der Waals surface area (Å²) in [4.78, 5) is 12.1. The number of carbonyl (C=O) groups is 1. The molecule has 0 unspecified atom stereocenters. The van der Waals surface area contributed by atoms with Crippen LogP contribution in [0.1, 0.15) is 30.2 Å². The molecule has 0 saturated heterocycles. The number of benzene rings is 1. The van der Waals surface area contributed by atoms with E-state index in [1.165, 1.54) is 12.1 Å². The minimum absolute atomic E-state index is 0.126. The Labute approximate surface area is 118 Å². The number of rotatable bonds is 3. The van der Waals surface area contributed by atoms with E-state index in [0.717, 1.165) is 0 Å². The SMILES string of the molecule is CC(C)n1nccc1NC(=O)c1cccc(F)c1Br. The van der Waals surface area contributed by atoms with Crippen LogP contribution in [0.2, 0.25) is 0 Å². The molecule has 2 rings (SSSR count). The van der Waals surface area contributed by atoms with E-state index < -0.39 is 5.82 Å². The molecule has 19 heavy (non-hydrogen) atoms. The molecule has 0 bridgehead atoms. The molecule has 2 aromatic rings. The molecule has 6 heteroatoms. The van der Waals surface area contributed by atoms with Gasteiger partial charge in [0.1, 0.15) is 11.6 Å². The minimum atomic E-state index is -0.468. The lowest BCUT2D eigenvalue weighted by molar-refractivity contribution is 0.102. The highest BCUT2D eigenvalue weighted by Crippen LogP contribution is 2.22. The lowest BCUT2D eigenvalue weighted by Gasteiger charge is -2.12. The van der Waals surface area contributed by atoms with Gasteiger partial charge < -0.3 is 5.32 Å². The monoisotopic (exact) mass is 325 g/mol. The van der Waals surface area contributed by atoms with Gasteiger partial charge in [-0.15, -0.1) is 0 Å². The van der Waals surface area contributed by atoms with Crippen LogP contribution in [0.15, 0.2) is 34.9 Å². The Morgan fingerprint density at radius 1 is 1.42 bits per heavy atom. The first-order valence-corrected chi connectivity index (χ1v) is 6.59. The number of halogens is 2. The lowest BCUT2D eigenvalue weighted by atomic mass is 10.2. The highest BCUT2D eigenvalue weighted by atomic mass is 79.9. The number of carbonyl (C=O) groups excluding carboxylic acids is 1. The van der Waals surface area contributed by atoms with Crippen molar-refractivity contribution in [3.8, 4) is 0 Å². The summed E-state index contributed by atoms with van der Waals surface area (Å²) in [5.41, 5.74) is 0.247. The summed E-state index contributed by atoms with van der Waals surface area (Å²) in [6.45, 7) is 3.92. The van der Waals surface area contributed by atoms with E-state index in [4.69, 9.17) is 0 Å². The van der Waals surface area contributed by atoms with Gasteiger partial charge in [0.25, 0.3) is 5.91 Å². The van der Waals surface area contributed by atoms with Gasteiger partial charge in [0.2, 0.25) is 0 Å². The molecule has 1 heterocycles. The van der Waals surface area contributed by atoms with Gasteiger partial charge in [-0.25, -0.2) is 9.07 Å². The Bertz CT molecular complexity index is 610. The molecule has 1 aromatic carbocycles. The molecule has 1 amide bonds. The molecule has 4 nitrogen and oxygen atoms in total. The van der Waals surface area contributed by atoms with Crippen molar-refractivity contribution in [2.45, 2.75) is 19.9 Å². The van der Waals surface area contributed by atoms with Crippen molar-refractivity contribution in [1.29, 1.82) is 0 Å². The quantitative estimate of drug-likeness (QED) is 0.936. The predicted molar refractivity (Wildman–Crippen MR) is 74.7 cm³/mol. The van der Waals surface area contributed by atoms with Crippen molar-refractivity contribution >= 4 is 27.7 Å². The molecule has 0 aliphatic carbocycles. The van der Waals surface area contributed by atoms with Crippen LogP contribution in [0.25, 0.3) is 0 Å². The fraction of sp³-hybridized carbons (Fsp3) is 0.231. The molecule has 0 saturated carbocycles. The number of hydrogen-bond acceptors (Lipinski definition) is 2. The zero-order valence-electron chi connectivity index (χ0n) is 10.5. The maximum Gasteiger partial charge on any atom is 0.258 e. The first-order chi connectivity index (χ1) is 9.00. The van der Waals surface area contributed by atoms with Gasteiger partial charge >= 0.3 is 0 Å². The average Bonchev–Trinajstić information content (AvgIpc) is 2.80. The normalized spacial score (nSPS) is 10.8. The van der Waals surface area contributed by atoms with E-state index in [-0.39, 0.29) is 22.0 Å². The first-order valence-electron chi connectivity index (χ1n) is 5.79. The highest BCUT2D eigenvalue weighted by Gasteiger charge is 2.15. The predicted octanol–water partition coefficient (Wildman–Crippen LogP) is 3.62. The number of amides is 1. The van der Waals surface area contributed by atoms with Gasteiger partial charge in [0.15, 0.2) is 0 Å². The standard InChI is InChI=1S/C13H13BrFN3O/c1-8(2)18-11(6-7-16-18)17-13(19)9-4-3-5-10(15)12(9)14/h3-8H,1-2H3,(H,17,19). The molecule has 0 spiro atoms. The zero-order chi connectivity index (χ0) is 14.0. The van der Waals surface area contributed by atoms with Crippen molar-refractivity contribution < 1.29 is 9.18 Å². The van der Waals surface area contributed by atoms with Crippen LogP contribution in [0.4, 0.5) is 10.2 Å². The number of aromatic nitrogens is 2. The molecule has 1 aromatic heterocycles. The van der Waals surface area contributed by atoms with Crippen molar-refractivity contribution in [3.05, 3.63) is 46.3 Å². The van der Waals surface area contributed by atoms with E-state index >= 15 is 0 Å². The molecular formula is C13H13BrFN3O. The fourth-order valence-corrected chi connectivity index (χ4v) is 2.13. The minimum Gasteiger partial charge on any atom is -0.307 e. The van der Waals surface area contributed by atoms with Crippen molar-refractivity contribution in [2.75, 3.05) is 5.32 Å². The first kappa shape index (κ1) is 13.7.